The van der Waals surface area contributed by atoms with Crippen molar-refractivity contribution < 1.29 is 4.74 Å². The Balaban J connectivity index is 2.34. The van der Waals surface area contributed by atoms with Crippen molar-refractivity contribution in [3.63, 3.8) is 0 Å². The summed E-state index contributed by atoms with van der Waals surface area (Å²) in [6.07, 6.45) is 4.30. The molecule has 0 saturated carbocycles. The Hall–Kier alpha value is -2.35. The molecule has 0 fully saturated rings. The second kappa shape index (κ2) is 5.32. The quantitative estimate of drug-likeness (QED) is 0.824. The van der Waals surface area contributed by atoms with Crippen LogP contribution in [0.25, 0.3) is 5.82 Å². The molecule has 2 aromatic heterocycles. The first-order chi connectivity index (χ1) is 8.74. The number of aryl methyl sites for hydroxylation is 1. The molecule has 18 heavy (non-hydrogen) atoms. The molecule has 0 N–H and O–H groups in total. The Kier molecular flexibility index (Phi) is 3.58. The molecule has 0 aliphatic heterocycles. The lowest BCUT2D eigenvalue weighted by molar-refractivity contribution is 0.317. The summed E-state index contributed by atoms with van der Waals surface area (Å²) in [5, 5.41) is 13.2. The van der Waals surface area contributed by atoms with Crippen LogP contribution in [0.2, 0.25) is 0 Å². The van der Waals surface area contributed by atoms with Gasteiger partial charge in [0, 0.05) is 5.69 Å². The number of nitrogens with zero attached hydrogens (tertiary/aromatic N) is 4. The van der Waals surface area contributed by atoms with Gasteiger partial charge in [0.2, 0.25) is 0 Å². The van der Waals surface area contributed by atoms with Gasteiger partial charge in [-0.15, -0.1) is 0 Å². The predicted octanol–water partition coefficient (Wildman–Crippen LogP) is 2.24. The summed E-state index contributed by atoms with van der Waals surface area (Å²) in [6, 6.07) is 5.66. The smallest absolute Gasteiger partial charge is 0.171 e. The molecule has 0 saturated heterocycles. The second-order valence-corrected chi connectivity index (χ2v) is 3.90. The van der Waals surface area contributed by atoms with E-state index < -0.39 is 0 Å². The summed E-state index contributed by atoms with van der Waals surface area (Å²) >= 11 is 0. The van der Waals surface area contributed by atoms with Crippen molar-refractivity contribution >= 4 is 0 Å². The standard InChI is InChI=1S/C13H14N4O/c1-3-6-18-12-8-15-17(9-12)13-11(7-14)5-4-10(2)16-13/h4-5,8-9H,3,6H2,1-2H3. The fourth-order valence-electron chi connectivity index (χ4n) is 1.52. The number of ether oxygens (including phenoxy) is 1. The average Bonchev–Trinajstić information content (AvgIpc) is 2.85. The Morgan fingerprint density at radius 1 is 1.44 bits per heavy atom. The first-order valence-electron chi connectivity index (χ1n) is 5.80. The number of rotatable bonds is 4. The normalized spacial score (nSPS) is 10.1. The summed E-state index contributed by atoms with van der Waals surface area (Å²) in [6.45, 7) is 4.57. The predicted molar refractivity (Wildman–Crippen MR) is 66.6 cm³/mol. The SMILES string of the molecule is CCCOc1cnn(-c2nc(C)ccc2C#N)c1. The van der Waals surface area contributed by atoms with Gasteiger partial charge in [0.15, 0.2) is 11.6 Å². The Bertz CT molecular complexity index is 583. The van der Waals surface area contributed by atoms with E-state index in [1.165, 1.54) is 0 Å². The lowest BCUT2D eigenvalue weighted by Crippen LogP contribution is -2.02. The Morgan fingerprint density at radius 3 is 3.00 bits per heavy atom. The van der Waals surface area contributed by atoms with Crippen molar-refractivity contribution in [2.24, 2.45) is 0 Å². The maximum absolute atomic E-state index is 9.06. The minimum Gasteiger partial charge on any atom is -0.490 e. The van der Waals surface area contributed by atoms with E-state index in [-0.39, 0.29) is 0 Å². The molecule has 0 atom stereocenters. The first-order valence-corrected chi connectivity index (χ1v) is 5.80. The number of nitriles is 1. The van der Waals surface area contributed by atoms with Crippen LogP contribution in [0, 0.1) is 18.3 Å². The van der Waals surface area contributed by atoms with Gasteiger partial charge in [-0.25, -0.2) is 9.67 Å². The average molecular weight is 242 g/mol. The van der Waals surface area contributed by atoms with Crippen LogP contribution < -0.4 is 4.74 Å². The highest BCUT2D eigenvalue weighted by atomic mass is 16.5. The van der Waals surface area contributed by atoms with Crippen molar-refractivity contribution in [2.75, 3.05) is 6.61 Å². The molecular formula is C13H14N4O. The zero-order valence-corrected chi connectivity index (χ0v) is 10.4. The maximum atomic E-state index is 9.06. The number of hydrogen-bond acceptors (Lipinski definition) is 4. The van der Waals surface area contributed by atoms with Gasteiger partial charge in [-0.05, 0) is 25.5 Å². The van der Waals surface area contributed by atoms with Gasteiger partial charge in [-0.1, -0.05) is 6.92 Å². The highest BCUT2D eigenvalue weighted by Crippen LogP contribution is 2.16. The van der Waals surface area contributed by atoms with Gasteiger partial charge in [0.25, 0.3) is 0 Å². The third-order valence-corrected chi connectivity index (χ3v) is 2.38. The number of aromatic nitrogens is 3. The van der Waals surface area contributed by atoms with Crippen LogP contribution in [0.15, 0.2) is 24.5 Å². The van der Waals surface area contributed by atoms with Crippen molar-refractivity contribution in [3.8, 4) is 17.6 Å². The summed E-state index contributed by atoms with van der Waals surface area (Å²) in [7, 11) is 0. The number of hydrogen-bond donors (Lipinski definition) is 0. The maximum Gasteiger partial charge on any atom is 0.171 e. The molecule has 2 heterocycles. The fourth-order valence-corrected chi connectivity index (χ4v) is 1.52. The Labute approximate surface area is 106 Å². The van der Waals surface area contributed by atoms with Gasteiger partial charge >= 0.3 is 0 Å². The minimum atomic E-state index is 0.491. The van der Waals surface area contributed by atoms with Crippen LogP contribution in [0.5, 0.6) is 5.75 Å². The van der Waals surface area contributed by atoms with Crippen molar-refractivity contribution in [1.82, 2.24) is 14.8 Å². The summed E-state index contributed by atoms with van der Waals surface area (Å²) < 4.78 is 7.03. The van der Waals surface area contributed by atoms with E-state index in [4.69, 9.17) is 10.00 Å². The molecule has 2 aromatic rings. The van der Waals surface area contributed by atoms with E-state index in [1.54, 1.807) is 29.2 Å². The number of pyridine rings is 1. The highest BCUT2D eigenvalue weighted by molar-refractivity contribution is 5.44. The molecule has 0 aliphatic carbocycles. The van der Waals surface area contributed by atoms with E-state index in [0.717, 1.165) is 12.1 Å². The van der Waals surface area contributed by atoms with Gasteiger partial charge in [-0.3, -0.25) is 0 Å². The zero-order chi connectivity index (χ0) is 13.0. The molecule has 0 unspecified atom stereocenters. The molecule has 0 spiro atoms. The molecular weight excluding hydrogens is 228 g/mol. The van der Waals surface area contributed by atoms with E-state index in [1.807, 2.05) is 13.8 Å². The van der Waals surface area contributed by atoms with Gasteiger partial charge < -0.3 is 4.74 Å². The molecule has 0 bridgehead atoms. The van der Waals surface area contributed by atoms with E-state index in [9.17, 15) is 0 Å². The summed E-state index contributed by atoms with van der Waals surface area (Å²) in [5.74, 6) is 1.22. The van der Waals surface area contributed by atoms with E-state index in [0.29, 0.717) is 23.7 Å². The van der Waals surface area contributed by atoms with Crippen LogP contribution in [0.4, 0.5) is 0 Å². The molecule has 0 aromatic carbocycles. The summed E-state index contributed by atoms with van der Waals surface area (Å²) in [4.78, 5) is 4.33. The lowest BCUT2D eigenvalue weighted by atomic mass is 10.2. The van der Waals surface area contributed by atoms with Crippen molar-refractivity contribution in [3.05, 3.63) is 35.8 Å². The van der Waals surface area contributed by atoms with E-state index in [2.05, 4.69) is 16.2 Å². The largest absolute Gasteiger partial charge is 0.490 e. The molecule has 0 radical (unpaired) electrons. The fraction of sp³-hybridized carbons (Fsp3) is 0.308. The van der Waals surface area contributed by atoms with Crippen LogP contribution in [-0.4, -0.2) is 21.4 Å². The van der Waals surface area contributed by atoms with Crippen molar-refractivity contribution in [1.29, 1.82) is 5.26 Å². The third-order valence-electron chi connectivity index (χ3n) is 2.38. The second-order valence-electron chi connectivity index (χ2n) is 3.90. The molecule has 92 valence electrons. The van der Waals surface area contributed by atoms with Crippen LogP contribution >= 0.6 is 0 Å². The highest BCUT2D eigenvalue weighted by Gasteiger charge is 2.08. The third kappa shape index (κ3) is 2.48. The molecule has 5 nitrogen and oxygen atoms in total. The molecule has 5 heteroatoms. The van der Waals surface area contributed by atoms with Crippen LogP contribution in [-0.2, 0) is 0 Å². The monoisotopic (exact) mass is 242 g/mol. The van der Waals surface area contributed by atoms with Crippen LogP contribution in [0.3, 0.4) is 0 Å². The topological polar surface area (TPSA) is 63.7 Å². The summed E-state index contributed by atoms with van der Waals surface area (Å²) in [5.41, 5.74) is 1.33. The lowest BCUT2D eigenvalue weighted by Gasteiger charge is -2.03. The van der Waals surface area contributed by atoms with Gasteiger partial charge in [0.1, 0.15) is 6.07 Å². The van der Waals surface area contributed by atoms with Gasteiger partial charge in [-0.2, -0.15) is 10.4 Å². The molecule has 0 aliphatic rings. The molecule has 2 rings (SSSR count). The van der Waals surface area contributed by atoms with Crippen LogP contribution in [0.1, 0.15) is 24.6 Å². The van der Waals surface area contributed by atoms with E-state index >= 15 is 0 Å². The minimum absolute atomic E-state index is 0.491. The molecule has 0 amide bonds. The van der Waals surface area contributed by atoms with Crippen molar-refractivity contribution in [2.45, 2.75) is 20.3 Å². The Morgan fingerprint density at radius 2 is 2.28 bits per heavy atom. The zero-order valence-electron chi connectivity index (χ0n) is 10.4. The van der Waals surface area contributed by atoms with Gasteiger partial charge in [0.05, 0.1) is 24.6 Å². The first kappa shape index (κ1) is 12.1.